The fraction of sp³-hybridized carbons (Fsp3) is 0.269. The van der Waals surface area contributed by atoms with Gasteiger partial charge in [0.1, 0.15) is 16.7 Å². The van der Waals surface area contributed by atoms with Gasteiger partial charge < -0.3 is 4.74 Å². The summed E-state index contributed by atoms with van der Waals surface area (Å²) in [5, 5.41) is 5.11. The third-order valence-corrected chi connectivity index (χ3v) is 5.98. The molecule has 0 saturated carbocycles. The number of rotatable bonds is 6. The van der Waals surface area contributed by atoms with Crippen molar-refractivity contribution in [3.05, 3.63) is 75.8 Å². The lowest BCUT2D eigenvalue weighted by Gasteiger charge is -2.09. The van der Waals surface area contributed by atoms with Gasteiger partial charge in [-0.05, 0) is 36.1 Å². The first-order valence-electron chi connectivity index (χ1n) is 11.3. The van der Waals surface area contributed by atoms with Crippen molar-refractivity contribution in [3.8, 4) is 0 Å². The molecule has 0 saturated heterocycles. The number of hydrogen-bond acceptors (Lipinski definition) is 6. The van der Waals surface area contributed by atoms with Crippen LogP contribution >= 0.6 is 0 Å². The number of aromatic nitrogens is 5. The largest absolute Gasteiger partial charge is 0.383 e. The second-order valence-corrected chi connectivity index (χ2v) is 8.57. The Morgan fingerprint density at radius 2 is 1.71 bits per heavy atom. The first kappa shape index (κ1) is 21.9. The van der Waals surface area contributed by atoms with E-state index in [4.69, 9.17) is 24.8 Å². The third-order valence-electron chi connectivity index (χ3n) is 5.98. The number of hydrogen-bond donors (Lipinski definition) is 0. The molecule has 0 aliphatic carbocycles. The van der Waals surface area contributed by atoms with E-state index in [9.17, 15) is 4.79 Å². The van der Waals surface area contributed by atoms with Crippen LogP contribution in [0, 0.1) is 6.92 Å². The number of para-hydroxylation sites is 2. The number of methoxy groups -OCH3 is 1. The molecule has 0 bridgehead atoms. The highest BCUT2D eigenvalue weighted by molar-refractivity contribution is 6.05. The highest BCUT2D eigenvalue weighted by Crippen LogP contribution is 2.25. The summed E-state index contributed by atoms with van der Waals surface area (Å²) >= 11 is 0. The van der Waals surface area contributed by atoms with E-state index in [2.05, 4.69) is 26.0 Å². The van der Waals surface area contributed by atoms with Crippen LogP contribution in [0.25, 0.3) is 33.2 Å². The molecule has 2 aromatic carbocycles. The zero-order valence-corrected chi connectivity index (χ0v) is 19.7. The number of nitrogens with zero attached hydrogens (tertiary/aromatic N) is 6. The summed E-state index contributed by atoms with van der Waals surface area (Å²) in [7, 11) is 1.61. The van der Waals surface area contributed by atoms with E-state index in [-0.39, 0.29) is 5.56 Å². The minimum atomic E-state index is -0.177. The van der Waals surface area contributed by atoms with Gasteiger partial charge in [0.25, 0.3) is 5.56 Å². The Balaban J connectivity index is 1.76. The first-order valence-corrected chi connectivity index (χ1v) is 11.3. The number of benzene rings is 2. The maximum atomic E-state index is 13.5. The molecule has 5 aromatic rings. The summed E-state index contributed by atoms with van der Waals surface area (Å²) in [6.07, 6.45) is 1.76. The highest BCUT2D eigenvalue weighted by atomic mass is 16.5. The van der Waals surface area contributed by atoms with Crippen LogP contribution in [0.2, 0.25) is 0 Å². The molecule has 0 spiro atoms. The lowest BCUT2D eigenvalue weighted by Crippen LogP contribution is -2.25. The van der Waals surface area contributed by atoms with E-state index in [0.29, 0.717) is 52.6 Å². The van der Waals surface area contributed by atoms with Crippen LogP contribution in [-0.4, -0.2) is 44.1 Å². The number of aryl methyl sites for hydroxylation is 1. The quantitative estimate of drug-likeness (QED) is 0.358. The maximum Gasteiger partial charge on any atom is 0.265 e. The molecule has 0 aliphatic rings. The Hall–Kier alpha value is -3.91. The molecule has 0 fully saturated rings. The molecule has 172 valence electrons. The molecule has 3 aromatic heterocycles. The van der Waals surface area contributed by atoms with Crippen molar-refractivity contribution in [2.24, 2.45) is 5.10 Å². The second kappa shape index (κ2) is 8.79. The Kier molecular flexibility index (Phi) is 5.67. The van der Waals surface area contributed by atoms with Crippen molar-refractivity contribution in [1.29, 1.82) is 0 Å². The summed E-state index contributed by atoms with van der Waals surface area (Å²) in [6, 6.07) is 15.9. The van der Waals surface area contributed by atoms with Crippen molar-refractivity contribution in [3.63, 3.8) is 0 Å². The van der Waals surface area contributed by atoms with Crippen LogP contribution in [0.5, 0.6) is 0 Å². The van der Waals surface area contributed by atoms with Crippen LogP contribution in [0.1, 0.15) is 36.7 Å². The predicted octanol–water partition coefficient (Wildman–Crippen LogP) is 4.25. The standard InChI is InChI=1S/C26H26N6O2/c1-16(2)19-11-9-18(10-12-19)15-27-32-24-22(26(33)31(13-14-34-4)17(3)28-24)23-25(32)30-21-8-6-5-7-20(21)29-23/h5-12,15-16H,13-14H2,1-4H3/b27-15-. The minimum Gasteiger partial charge on any atom is -0.383 e. The molecule has 0 atom stereocenters. The summed E-state index contributed by atoms with van der Waals surface area (Å²) in [5.74, 6) is 1.04. The lowest BCUT2D eigenvalue weighted by atomic mass is 10.0. The van der Waals surface area contributed by atoms with Gasteiger partial charge in [0.15, 0.2) is 11.3 Å². The minimum absolute atomic E-state index is 0.177. The van der Waals surface area contributed by atoms with E-state index in [1.54, 1.807) is 22.6 Å². The van der Waals surface area contributed by atoms with Gasteiger partial charge in [0.2, 0.25) is 0 Å². The average Bonchev–Trinajstić information content (AvgIpc) is 3.13. The average molecular weight is 455 g/mol. The molecule has 0 N–H and O–H groups in total. The van der Waals surface area contributed by atoms with Gasteiger partial charge in [-0.3, -0.25) is 9.36 Å². The Bertz CT molecular complexity index is 1600. The second-order valence-electron chi connectivity index (χ2n) is 8.57. The van der Waals surface area contributed by atoms with E-state index < -0.39 is 0 Å². The van der Waals surface area contributed by atoms with Gasteiger partial charge >= 0.3 is 0 Å². The van der Waals surface area contributed by atoms with Crippen LogP contribution < -0.4 is 5.56 Å². The highest BCUT2D eigenvalue weighted by Gasteiger charge is 2.21. The van der Waals surface area contributed by atoms with E-state index in [0.717, 1.165) is 11.1 Å². The van der Waals surface area contributed by atoms with Crippen molar-refractivity contribution >= 4 is 39.4 Å². The monoisotopic (exact) mass is 454 g/mol. The van der Waals surface area contributed by atoms with Gasteiger partial charge in [-0.2, -0.15) is 9.78 Å². The molecule has 8 heteroatoms. The normalized spacial score (nSPS) is 12.1. The zero-order chi connectivity index (χ0) is 23.8. The molecule has 0 aliphatic heterocycles. The van der Waals surface area contributed by atoms with Crippen LogP contribution in [0.3, 0.4) is 0 Å². The van der Waals surface area contributed by atoms with Crippen LogP contribution in [0.15, 0.2) is 58.4 Å². The molecule has 8 nitrogen and oxygen atoms in total. The Morgan fingerprint density at radius 3 is 2.38 bits per heavy atom. The lowest BCUT2D eigenvalue weighted by molar-refractivity contribution is 0.185. The maximum absolute atomic E-state index is 13.5. The smallest absolute Gasteiger partial charge is 0.265 e. The summed E-state index contributed by atoms with van der Waals surface area (Å²) in [5.41, 5.74) is 4.90. The fourth-order valence-corrected chi connectivity index (χ4v) is 4.06. The van der Waals surface area contributed by atoms with Crippen molar-refractivity contribution in [2.45, 2.75) is 33.2 Å². The molecule has 5 rings (SSSR count). The van der Waals surface area contributed by atoms with E-state index in [1.807, 2.05) is 43.3 Å². The van der Waals surface area contributed by atoms with Gasteiger partial charge in [-0.25, -0.2) is 15.0 Å². The third kappa shape index (κ3) is 3.76. The summed E-state index contributed by atoms with van der Waals surface area (Å²) in [4.78, 5) is 27.9. The molecule has 3 heterocycles. The first-order chi connectivity index (χ1) is 16.5. The molecule has 0 unspecified atom stereocenters. The number of ether oxygens (including phenoxy) is 1. The van der Waals surface area contributed by atoms with Crippen molar-refractivity contribution < 1.29 is 4.74 Å². The van der Waals surface area contributed by atoms with E-state index >= 15 is 0 Å². The fourth-order valence-electron chi connectivity index (χ4n) is 4.06. The van der Waals surface area contributed by atoms with Crippen molar-refractivity contribution in [1.82, 2.24) is 24.2 Å². The van der Waals surface area contributed by atoms with Gasteiger partial charge in [0, 0.05) is 7.11 Å². The Morgan fingerprint density at radius 1 is 1.00 bits per heavy atom. The Labute approximate surface area is 196 Å². The molecule has 0 amide bonds. The molecular formula is C26H26N6O2. The van der Waals surface area contributed by atoms with Gasteiger partial charge in [-0.15, -0.1) is 0 Å². The van der Waals surface area contributed by atoms with Gasteiger partial charge in [-0.1, -0.05) is 50.2 Å². The number of fused-ring (bicyclic) bond motifs is 4. The zero-order valence-electron chi connectivity index (χ0n) is 19.7. The molecule has 0 radical (unpaired) electrons. The van der Waals surface area contributed by atoms with E-state index in [1.165, 1.54) is 5.56 Å². The molecular weight excluding hydrogens is 428 g/mol. The summed E-state index contributed by atoms with van der Waals surface area (Å²) < 4.78 is 8.42. The SMILES string of the molecule is COCCn1c(C)nc2c(c1=O)c1nc3ccccc3nc1n2/N=C\c1ccc(C(C)C)cc1. The van der Waals surface area contributed by atoms with Crippen LogP contribution in [0.4, 0.5) is 0 Å². The predicted molar refractivity (Wildman–Crippen MR) is 135 cm³/mol. The van der Waals surface area contributed by atoms with Crippen LogP contribution in [-0.2, 0) is 11.3 Å². The molecule has 34 heavy (non-hydrogen) atoms. The summed E-state index contributed by atoms with van der Waals surface area (Å²) in [6.45, 7) is 6.95. The topological polar surface area (TPSA) is 87.2 Å². The van der Waals surface area contributed by atoms with Gasteiger partial charge in [0.05, 0.1) is 30.4 Å². The van der Waals surface area contributed by atoms with Crippen molar-refractivity contribution in [2.75, 3.05) is 13.7 Å².